The van der Waals surface area contributed by atoms with E-state index in [9.17, 15) is 9.59 Å². The lowest BCUT2D eigenvalue weighted by atomic mass is 10.2. The lowest BCUT2D eigenvalue weighted by Crippen LogP contribution is -2.29. The van der Waals surface area contributed by atoms with Crippen molar-refractivity contribution >= 4 is 28.5 Å². The SMILES string of the molecule is CC(C)Cn1c2c(=O)[nH]c(=O)n(C)c2n2c(-c3ccc(Cl)cc3)nnc12. The smallest absolute Gasteiger partial charge is 0.302 e. The molecule has 0 bridgehead atoms. The Hall–Kier alpha value is -2.87. The van der Waals surface area contributed by atoms with Gasteiger partial charge in [-0.3, -0.25) is 14.3 Å². The summed E-state index contributed by atoms with van der Waals surface area (Å²) in [6, 6.07) is 7.18. The van der Waals surface area contributed by atoms with Gasteiger partial charge in [-0.2, -0.15) is 0 Å². The Labute approximate surface area is 152 Å². The molecule has 0 saturated carbocycles. The molecule has 134 valence electrons. The van der Waals surface area contributed by atoms with E-state index in [1.807, 2.05) is 16.7 Å². The van der Waals surface area contributed by atoms with Crippen LogP contribution in [0.15, 0.2) is 33.9 Å². The van der Waals surface area contributed by atoms with Crippen molar-refractivity contribution in [2.24, 2.45) is 13.0 Å². The average Bonchev–Trinajstić information content (AvgIpc) is 3.13. The summed E-state index contributed by atoms with van der Waals surface area (Å²) in [5.74, 6) is 1.34. The first-order valence-electron chi connectivity index (χ1n) is 8.21. The van der Waals surface area contributed by atoms with Crippen molar-refractivity contribution < 1.29 is 0 Å². The summed E-state index contributed by atoms with van der Waals surface area (Å²) in [6.45, 7) is 4.68. The third kappa shape index (κ3) is 2.37. The quantitative estimate of drug-likeness (QED) is 0.596. The summed E-state index contributed by atoms with van der Waals surface area (Å²) in [5, 5.41) is 9.20. The molecule has 4 rings (SSSR count). The Morgan fingerprint density at radius 2 is 1.85 bits per heavy atom. The molecule has 4 aromatic rings. The summed E-state index contributed by atoms with van der Waals surface area (Å²) in [4.78, 5) is 27.1. The minimum absolute atomic E-state index is 0.279. The molecule has 0 spiro atoms. The second kappa shape index (κ2) is 5.84. The number of rotatable bonds is 3. The van der Waals surface area contributed by atoms with Crippen LogP contribution in [0.1, 0.15) is 13.8 Å². The molecule has 0 saturated heterocycles. The first-order valence-corrected chi connectivity index (χ1v) is 8.59. The molecule has 9 heteroatoms. The van der Waals surface area contributed by atoms with Crippen LogP contribution in [0.4, 0.5) is 0 Å². The maximum atomic E-state index is 12.5. The molecule has 1 aromatic carbocycles. The van der Waals surface area contributed by atoms with Crippen LogP contribution < -0.4 is 11.2 Å². The first kappa shape index (κ1) is 16.6. The van der Waals surface area contributed by atoms with Gasteiger partial charge in [0.1, 0.15) is 0 Å². The molecular formula is C17H17ClN6O2. The molecule has 0 fully saturated rings. The van der Waals surface area contributed by atoms with Crippen molar-refractivity contribution in [1.29, 1.82) is 0 Å². The largest absolute Gasteiger partial charge is 0.329 e. The normalized spacial score (nSPS) is 11.9. The first-order chi connectivity index (χ1) is 12.4. The molecule has 26 heavy (non-hydrogen) atoms. The van der Waals surface area contributed by atoms with Crippen LogP contribution in [0.25, 0.3) is 28.3 Å². The van der Waals surface area contributed by atoms with Crippen LogP contribution in [0.5, 0.6) is 0 Å². The zero-order valence-electron chi connectivity index (χ0n) is 14.5. The maximum absolute atomic E-state index is 12.5. The van der Waals surface area contributed by atoms with Crippen molar-refractivity contribution in [2.45, 2.75) is 20.4 Å². The van der Waals surface area contributed by atoms with Gasteiger partial charge < -0.3 is 4.57 Å². The van der Waals surface area contributed by atoms with Crippen molar-refractivity contribution in [3.05, 3.63) is 50.1 Å². The van der Waals surface area contributed by atoms with Crippen LogP contribution in [0.3, 0.4) is 0 Å². The molecule has 0 unspecified atom stereocenters. The van der Waals surface area contributed by atoms with E-state index in [0.717, 1.165) is 5.56 Å². The van der Waals surface area contributed by atoms with E-state index >= 15 is 0 Å². The minimum Gasteiger partial charge on any atom is -0.302 e. The molecule has 0 radical (unpaired) electrons. The number of aryl methyl sites for hydroxylation is 1. The van der Waals surface area contributed by atoms with Gasteiger partial charge in [0.15, 0.2) is 17.0 Å². The molecule has 3 heterocycles. The Morgan fingerprint density at radius 1 is 1.15 bits per heavy atom. The van der Waals surface area contributed by atoms with Gasteiger partial charge >= 0.3 is 5.69 Å². The summed E-state index contributed by atoms with van der Waals surface area (Å²) in [6.07, 6.45) is 0. The third-order valence-corrected chi connectivity index (χ3v) is 4.54. The van der Waals surface area contributed by atoms with E-state index in [4.69, 9.17) is 11.6 Å². The van der Waals surface area contributed by atoms with Crippen LogP contribution in [-0.4, -0.2) is 28.7 Å². The van der Waals surface area contributed by atoms with E-state index in [2.05, 4.69) is 29.0 Å². The average molecular weight is 373 g/mol. The molecular weight excluding hydrogens is 356 g/mol. The number of fused-ring (bicyclic) bond motifs is 3. The van der Waals surface area contributed by atoms with Gasteiger partial charge in [0.25, 0.3) is 5.56 Å². The second-order valence-electron chi connectivity index (χ2n) is 6.66. The number of nitrogens with one attached hydrogen (secondary N) is 1. The highest BCUT2D eigenvalue weighted by atomic mass is 35.5. The third-order valence-electron chi connectivity index (χ3n) is 4.29. The van der Waals surface area contributed by atoms with E-state index in [1.54, 1.807) is 23.6 Å². The number of H-pyrrole nitrogens is 1. The fourth-order valence-electron chi connectivity index (χ4n) is 3.17. The van der Waals surface area contributed by atoms with Crippen molar-refractivity contribution in [2.75, 3.05) is 0 Å². The summed E-state index contributed by atoms with van der Waals surface area (Å²) in [5.41, 5.74) is 0.738. The molecule has 0 amide bonds. The van der Waals surface area contributed by atoms with Crippen LogP contribution in [0, 0.1) is 5.92 Å². The Morgan fingerprint density at radius 3 is 2.50 bits per heavy atom. The van der Waals surface area contributed by atoms with E-state index in [-0.39, 0.29) is 5.92 Å². The maximum Gasteiger partial charge on any atom is 0.329 e. The van der Waals surface area contributed by atoms with E-state index in [0.29, 0.717) is 34.3 Å². The van der Waals surface area contributed by atoms with Crippen molar-refractivity contribution in [3.63, 3.8) is 0 Å². The molecule has 0 aliphatic rings. The molecule has 3 aromatic heterocycles. The number of aromatic amines is 1. The zero-order chi connectivity index (χ0) is 18.6. The Balaban J connectivity index is 2.19. The van der Waals surface area contributed by atoms with Crippen molar-refractivity contribution in [3.8, 4) is 11.4 Å². The standard InChI is InChI=1S/C17H17ClN6O2/c1-9(2)8-23-12-14(25)19-17(26)22(3)15(12)24-13(20-21-16(23)24)10-4-6-11(18)7-5-10/h4-7,9H,8H2,1-3H3,(H,19,25,26). The van der Waals surface area contributed by atoms with Crippen LogP contribution in [0.2, 0.25) is 5.02 Å². The summed E-state index contributed by atoms with van der Waals surface area (Å²) >= 11 is 5.98. The van der Waals surface area contributed by atoms with Gasteiger partial charge in [0, 0.05) is 24.2 Å². The Kier molecular flexibility index (Phi) is 3.73. The van der Waals surface area contributed by atoms with Gasteiger partial charge in [0.05, 0.1) is 0 Å². The number of imidazole rings is 1. The zero-order valence-corrected chi connectivity index (χ0v) is 15.3. The highest BCUT2D eigenvalue weighted by molar-refractivity contribution is 6.30. The highest BCUT2D eigenvalue weighted by Gasteiger charge is 2.23. The van der Waals surface area contributed by atoms with Crippen LogP contribution in [-0.2, 0) is 13.6 Å². The molecule has 0 aliphatic heterocycles. The van der Waals surface area contributed by atoms with Gasteiger partial charge in [-0.15, -0.1) is 10.2 Å². The number of halogens is 1. The fourth-order valence-corrected chi connectivity index (χ4v) is 3.29. The Bertz CT molecular complexity index is 1240. The van der Waals surface area contributed by atoms with Crippen LogP contribution >= 0.6 is 11.6 Å². The predicted molar refractivity (Wildman–Crippen MR) is 99.6 cm³/mol. The summed E-state index contributed by atoms with van der Waals surface area (Å²) in [7, 11) is 1.62. The lowest BCUT2D eigenvalue weighted by Gasteiger charge is -2.07. The van der Waals surface area contributed by atoms with Gasteiger partial charge in [-0.05, 0) is 30.2 Å². The van der Waals surface area contributed by atoms with Crippen molar-refractivity contribution in [1.82, 2.24) is 28.7 Å². The molecule has 0 atom stereocenters. The number of hydrogen-bond donors (Lipinski definition) is 1. The number of aromatic nitrogens is 6. The van der Waals surface area contributed by atoms with E-state index < -0.39 is 11.2 Å². The molecule has 1 N–H and O–H groups in total. The molecule has 0 aliphatic carbocycles. The highest BCUT2D eigenvalue weighted by Crippen LogP contribution is 2.25. The molecule has 8 nitrogen and oxygen atoms in total. The monoisotopic (exact) mass is 372 g/mol. The number of nitrogens with zero attached hydrogens (tertiary/aromatic N) is 5. The summed E-state index contributed by atoms with van der Waals surface area (Å²) < 4.78 is 4.96. The number of hydrogen-bond acceptors (Lipinski definition) is 4. The van der Waals surface area contributed by atoms with E-state index in [1.165, 1.54) is 4.57 Å². The number of benzene rings is 1. The fraction of sp³-hybridized carbons (Fsp3) is 0.294. The lowest BCUT2D eigenvalue weighted by molar-refractivity contribution is 0.539. The van der Waals surface area contributed by atoms with Gasteiger partial charge in [-0.25, -0.2) is 9.20 Å². The topological polar surface area (TPSA) is 90.0 Å². The van der Waals surface area contributed by atoms with Gasteiger partial charge in [0.2, 0.25) is 5.78 Å². The minimum atomic E-state index is -0.484. The predicted octanol–water partition coefficient (Wildman–Crippen LogP) is 2.05. The van der Waals surface area contributed by atoms with Gasteiger partial charge in [-0.1, -0.05) is 25.4 Å². The second-order valence-corrected chi connectivity index (χ2v) is 7.10.